The van der Waals surface area contributed by atoms with Gasteiger partial charge in [-0.15, -0.1) is 0 Å². The molecule has 8 nitrogen and oxygen atoms in total. The van der Waals surface area contributed by atoms with Gasteiger partial charge in [-0.05, 0) is 44.4 Å². The van der Waals surface area contributed by atoms with Crippen LogP contribution in [0.1, 0.15) is 42.5 Å². The maximum Gasteiger partial charge on any atom is 0.258 e. The van der Waals surface area contributed by atoms with Crippen molar-refractivity contribution >= 4 is 0 Å². The maximum absolute atomic E-state index is 13.7. The van der Waals surface area contributed by atoms with Crippen LogP contribution in [-0.4, -0.2) is 31.0 Å². The van der Waals surface area contributed by atoms with Gasteiger partial charge in [0, 0.05) is 18.4 Å². The highest BCUT2D eigenvalue weighted by Crippen LogP contribution is 2.42. The van der Waals surface area contributed by atoms with Crippen molar-refractivity contribution < 1.29 is 18.9 Å². The molecule has 32 heavy (non-hydrogen) atoms. The highest BCUT2D eigenvalue weighted by atomic mass is 16.5. The fourth-order valence-electron chi connectivity index (χ4n) is 4.38. The number of hydrogen-bond acceptors (Lipinski definition) is 7. The van der Waals surface area contributed by atoms with Crippen LogP contribution in [0.25, 0.3) is 0 Å². The fourth-order valence-corrected chi connectivity index (χ4v) is 4.38. The summed E-state index contributed by atoms with van der Waals surface area (Å²) >= 11 is 0. The summed E-state index contributed by atoms with van der Waals surface area (Å²) in [5.74, 6) is 0.775. The van der Waals surface area contributed by atoms with Crippen LogP contribution < -0.4 is 25.5 Å². The number of ether oxygens (including phenoxy) is 4. The van der Waals surface area contributed by atoms with E-state index in [0.29, 0.717) is 48.1 Å². The van der Waals surface area contributed by atoms with Crippen LogP contribution in [0.15, 0.2) is 40.5 Å². The van der Waals surface area contributed by atoms with E-state index in [2.05, 4.69) is 6.07 Å². The molecule has 2 N–H and O–H groups in total. The molecular formula is C24H27N3O5. The van der Waals surface area contributed by atoms with Crippen LogP contribution in [0.4, 0.5) is 0 Å². The molecule has 0 spiro atoms. The molecule has 1 aromatic heterocycles. The molecule has 2 aliphatic heterocycles. The molecule has 0 bridgehead atoms. The average molecular weight is 437 g/mol. The van der Waals surface area contributed by atoms with E-state index in [0.717, 1.165) is 18.5 Å². The van der Waals surface area contributed by atoms with Crippen LogP contribution in [-0.2, 0) is 11.3 Å². The first kappa shape index (κ1) is 21.8. The van der Waals surface area contributed by atoms with E-state index in [4.69, 9.17) is 24.7 Å². The Balaban J connectivity index is 1.88. The van der Waals surface area contributed by atoms with Crippen LogP contribution in [0.5, 0.6) is 17.2 Å². The normalized spacial score (nSPS) is 19.8. The first-order valence-electron chi connectivity index (χ1n) is 10.7. The Morgan fingerprint density at radius 3 is 2.78 bits per heavy atom. The minimum atomic E-state index is -0.683. The molecule has 1 fully saturated rings. The van der Waals surface area contributed by atoms with Crippen LogP contribution in [0.2, 0.25) is 0 Å². The molecule has 1 saturated heterocycles. The van der Waals surface area contributed by atoms with Gasteiger partial charge in [-0.3, -0.25) is 4.79 Å². The highest BCUT2D eigenvalue weighted by molar-refractivity contribution is 5.57. The zero-order chi connectivity index (χ0) is 22.8. The van der Waals surface area contributed by atoms with E-state index in [1.807, 2.05) is 19.9 Å². The number of methoxy groups -OCH3 is 1. The standard InChI is InChI=1S/C24H27N3O5/c1-4-30-18-8-7-15(11-19(18)29-3)21-17(12-25)23(26)32-20-10-14(2)27(24(28)22(20)21)13-16-6-5-9-31-16/h7-8,10-11,16,21H,4-6,9,13,26H2,1-3H3/t16-,21+/m1/s1. The summed E-state index contributed by atoms with van der Waals surface area (Å²) in [7, 11) is 1.55. The number of aryl methyl sites for hydroxylation is 1. The monoisotopic (exact) mass is 437 g/mol. The number of benzene rings is 1. The molecule has 2 aromatic rings. The smallest absolute Gasteiger partial charge is 0.258 e. The van der Waals surface area contributed by atoms with Gasteiger partial charge in [-0.2, -0.15) is 5.26 Å². The molecule has 3 heterocycles. The summed E-state index contributed by atoms with van der Waals surface area (Å²) in [5.41, 5.74) is 7.90. The Labute approximate surface area is 186 Å². The quantitative estimate of drug-likeness (QED) is 0.740. The molecule has 2 aliphatic rings. The average Bonchev–Trinajstić information content (AvgIpc) is 3.29. The zero-order valence-electron chi connectivity index (χ0n) is 18.5. The predicted molar refractivity (Wildman–Crippen MR) is 118 cm³/mol. The van der Waals surface area contributed by atoms with Gasteiger partial charge >= 0.3 is 0 Å². The van der Waals surface area contributed by atoms with E-state index in [9.17, 15) is 10.1 Å². The van der Waals surface area contributed by atoms with Crippen molar-refractivity contribution in [2.75, 3.05) is 20.3 Å². The SMILES string of the molecule is CCOc1ccc([C@H]2C(C#N)=C(N)Oc3cc(C)n(C[C@H]4CCCO4)c(=O)c32)cc1OC. The number of rotatable bonds is 6. The Kier molecular flexibility index (Phi) is 6.10. The molecule has 0 saturated carbocycles. The molecular weight excluding hydrogens is 410 g/mol. The summed E-state index contributed by atoms with van der Waals surface area (Å²) in [6.45, 7) is 5.39. The molecule has 0 aliphatic carbocycles. The van der Waals surface area contributed by atoms with Crippen molar-refractivity contribution in [3.8, 4) is 23.3 Å². The largest absolute Gasteiger partial charge is 0.493 e. The van der Waals surface area contributed by atoms with E-state index in [1.165, 1.54) is 0 Å². The Morgan fingerprint density at radius 1 is 1.31 bits per heavy atom. The summed E-state index contributed by atoms with van der Waals surface area (Å²) in [6, 6.07) is 9.31. The highest BCUT2D eigenvalue weighted by Gasteiger charge is 2.35. The number of nitriles is 1. The molecule has 1 aromatic carbocycles. The Bertz CT molecular complexity index is 1160. The number of hydrogen-bond donors (Lipinski definition) is 1. The van der Waals surface area contributed by atoms with Gasteiger partial charge in [0.1, 0.15) is 17.4 Å². The summed E-state index contributed by atoms with van der Waals surface area (Å²) in [6.07, 6.45) is 1.89. The number of fused-ring (bicyclic) bond motifs is 1. The van der Waals surface area contributed by atoms with E-state index in [1.54, 1.807) is 29.9 Å². The van der Waals surface area contributed by atoms with Crippen molar-refractivity contribution in [2.45, 2.75) is 45.3 Å². The number of allylic oxidation sites excluding steroid dienone is 1. The van der Waals surface area contributed by atoms with Crippen molar-refractivity contribution in [1.29, 1.82) is 5.26 Å². The second-order valence-electron chi connectivity index (χ2n) is 7.88. The minimum absolute atomic E-state index is 0.00553. The maximum atomic E-state index is 13.7. The second-order valence-corrected chi connectivity index (χ2v) is 7.88. The molecule has 0 radical (unpaired) electrons. The lowest BCUT2D eigenvalue weighted by atomic mass is 9.84. The van der Waals surface area contributed by atoms with E-state index >= 15 is 0 Å². The summed E-state index contributed by atoms with van der Waals surface area (Å²) in [4.78, 5) is 13.7. The number of pyridine rings is 1. The lowest BCUT2D eigenvalue weighted by Gasteiger charge is -2.28. The lowest BCUT2D eigenvalue weighted by molar-refractivity contribution is 0.0955. The van der Waals surface area contributed by atoms with Crippen molar-refractivity contribution in [2.24, 2.45) is 5.73 Å². The summed E-state index contributed by atoms with van der Waals surface area (Å²) < 4.78 is 24.3. The Morgan fingerprint density at radius 2 is 2.12 bits per heavy atom. The van der Waals surface area contributed by atoms with Gasteiger partial charge in [0.25, 0.3) is 5.56 Å². The van der Waals surface area contributed by atoms with Crippen LogP contribution in [0, 0.1) is 18.3 Å². The van der Waals surface area contributed by atoms with Gasteiger partial charge in [-0.1, -0.05) is 6.07 Å². The van der Waals surface area contributed by atoms with Gasteiger partial charge < -0.3 is 29.2 Å². The van der Waals surface area contributed by atoms with Crippen molar-refractivity contribution in [3.63, 3.8) is 0 Å². The van der Waals surface area contributed by atoms with Crippen molar-refractivity contribution in [1.82, 2.24) is 4.57 Å². The Hall–Kier alpha value is -3.44. The molecule has 4 rings (SSSR count). The third kappa shape index (κ3) is 3.80. The van der Waals surface area contributed by atoms with Gasteiger partial charge in [0.05, 0.1) is 37.8 Å². The van der Waals surface area contributed by atoms with Gasteiger partial charge in [0.15, 0.2) is 11.5 Å². The zero-order valence-corrected chi connectivity index (χ0v) is 18.5. The molecule has 0 unspecified atom stereocenters. The van der Waals surface area contributed by atoms with Crippen LogP contribution in [0.3, 0.4) is 0 Å². The van der Waals surface area contributed by atoms with Crippen molar-refractivity contribution in [3.05, 3.63) is 62.9 Å². The topological polar surface area (TPSA) is 109 Å². The number of aromatic nitrogens is 1. The minimum Gasteiger partial charge on any atom is -0.493 e. The third-order valence-corrected chi connectivity index (χ3v) is 5.92. The molecule has 2 atom stereocenters. The first-order valence-corrected chi connectivity index (χ1v) is 10.7. The molecule has 168 valence electrons. The fraction of sp³-hybridized carbons (Fsp3) is 0.417. The predicted octanol–water partition coefficient (Wildman–Crippen LogP) is 2.96. The first-order chi connectivity index (χ1) is 15.5. The molecule has 8 heteroatoms. The van der Waals surface area contributed by atoms with E-state index in [-0.39, 0.29) is 23.1 Å². The van der Waals surface area contributed by atoms with Gasteiger partial charge in [-0.25, -0.2) is 0 Å². The third-order valence-electron chi connectivity index (χ3n) is 5.92. The van der Waals surface area contributed by atoms with Gasteiger partial charge in [0.2, 0.25) is 5.88 Å². The van der Waals surface area contributed by atoms with E-state index < -0.39 is 5.92 Å². The lowest BCUT2D eigenvalue weighted by Crippen LogP contribution is -2.35. The molecule has 0 amide bonds. The number of nitrogens with zero attached hydrogens (tertiary/aromatic N) is 2. The second kappa shape index (κ2) is 8.97. The van der Waals surface area contributed by atoms with Crippen LogP contribution >= 0.6 is 0 Å². The number of nitrogens with two attached hydrogens (primary N) is 1. The summed E-state index contributed by atoms with van der Waals surface area (Å²) in [5, 5.41) is 9.88.